The highest BCUT2D eigenvalue weighted by Gasteiger charge is 2.35. The second-order valence-electron chi connectivity index (χ2n) is 5.67. The Balaban J connectivity index is 1.62. The molecule has 5 nitrogen and oxygen atoms in total. The van der Waals surface area contributed by atoms with Gasteiger partial charge in [0.15, 0.2) is 5.82 Å². The summed E-state index contributed by atoms with van der Waals surface area (Å²) in [6, 6.07) is 2.02. The van der Waals surface area contributed by atoms with Crippen LogP contribution in [0.2, 0.25) is 0 Å². The molecule has 0 spiro atoms. The van der Waals surface area contributed by atoms with Crippen molar-refractivity contribution < 1.29 is 9.18 Å². The highest BCUT2D eigenvalue weighted by molar-refractivity contribution is 5.94. The molecule has 0 saturated carbocycles. The van der Waals surface area contributed by atoms with Crippen molar-refractivity contribution in [1.29, 1.82) is 0 Å². The lowest BCUT2D eigenvalue weighted by molar-refractivity contribution is 0.0932. The predicted molar refractivity (Wildman–Crippen MR) is 72.9 cm³/mol. The third-order valence-corrected chi connectivity index (χ3v) is 4.17. The van der Waals surface area contributed by atoms with Crippen molar-refractivity contribution in [3.05, 3.63) is 29.8 Å². The molecule has 0 aromatic carbocycles. The average Bonchev–Trinajstić information content (AvgIpc) is 2.80. The Hall–Kier alpha value is -1.53. The standard InChI is InChI=1S/C14H19FN4O/c1-18-4-5-19-8-10(6-11(19)9-18)17-14(20)12-2-3-16-7-13(12)15/h2-3,7,10-11H,4-6,8-9H2,1H3,(H,17,20)/t10-,11-/m0/s1. The third-order valence-electron chi connectivity index (χ3n) is 4.17. The highest BCUT2D eigenvalue weighted by Crippen LogP contribution is 2.21. The van der Waals surface area contributed by atoms with Gasteiger partial charge in [-0.15, -0.1) is 0 Å². The van der Waals surface area contributed by atoms with Gasteiger partial charge < -0.3 is 10.2 Å². The van der Waals surface area contributed by atoms with Crippen molar-refractivity contribution in [2.24, 2.45) is 0 Å². The summed E-state index contributed by atoms with van der Waals surface area (Å²) in [4.78, 5) is 20.5. The Morgan fingerprint density at radius 2 is 2.30 bits per heavy atom. The summed E-state index contributed by atoms with van der Waals surface area (Å²) in [7, 11) is 2.12. The first kappa shape index (κ1) is 13.5. The Bertz CT molecular complexity index is 510. The van der Waals surface area contributed by atoms with Crippen molar-refractivity contribution in [2.45, 2.75) is 18.5 Å². The molecule has 2 aliphatic rings. The number of hydrogen-bond donors (Lipinski definition) is 1. The fourth-order valence-corrected chi connectivity index (χ4v) is 3.13. The van der Waals surface area contributed by atoms with E-state index in [4.69, 9.17) is 0 Å². The molecule has 3 rings (SSSR count). The van der Waals surface area contributed by atoms with Gasteiger partial charge in [-0.05, 0) is 19.5 Å². The molecule has 6 heteroatoms. The molecule has 20 heavy (non-hydrogen) atoms. The Morgan fingerprint density at radius 1 is 1.45 bits per heavy atom. The zero-order chi connectivity index (χ0) is 14.1. The van der Waals surface area contributed by atoms with Crippen LogP contribution in [0.1, 0.15) is 16.8 Å². The minimum Gasteiger partial charge on any atom is -0.348 e. The third kappa shape index (κ3) is 2.66. The van der Waals surface area contributed by atoms with Gasteiger partial charge in [0.05, 0.1) is 11.8 Å². The second kappa shape index (κ2) is 5.46. The number of carbonyl (C=O) groups is 1. The van der Waals surface area contributed by atoms with E-state index in [1.165, 1.54) is 12.3 Å². The Morgan fingerprint density at radius 3 is 3.10 bits per heavy atom. The number of pyridine rings is 1. The van der Waals surface area contributed by atoms with Gasteiger partial charge in [0.2, 0.25) is 0 Å². The van der Waals surface area contributed by atoms with Crippen LogP contribution in [0.3, 0.4) is 0 Å². The minimum atomic E-state index is -0.569. The van der Waals surface area contributed by atoms with Gasteiger partial charge in [0.25, 0.3) is 5.91 Å². The van der Waals surface area contributed by atoms with Crippen LogP contribution in [0.5, 0.6) is 0 Å². The van der Waals surface area contributed by atoms with Crippen LogP contribution in [0, 0.1) is 5.82 Å². The number of nitrogens with zero attached hydrogens (tertiary/aromatic N) is 3. The van der Waals surface area contributed by atoms with E-state index in [-0.39, 0.29) is 17.5 Å². The fraction of sp³-hybridized carbons (Fsp3) is 0.571. The van der Waals surface area contributed by atoms with Crippen molar-refractivity contribution in [3.63, 3.8) is 0 Å². The molecule has 2 aliphatic heterocycles. The first-order valence-electron chi connectivity index (χ1n) is 6.96. The van der Waals surface area contributed by atoms with Gasteiger partial charge in [-0.25, -0.2) is 4.39 Å². The number of hydrogen-bond acceptors (Lipinski definition) is 4. The molecule has 0 radical (unpaired) electrons. The average molecular weight is 278 g/mol. The van der Waals surface area contributed by atoms with E-state index in [1.807, 2.05) is 0 Å². The molecule has 0 unspecified atom stereocenters. The molecule has 2 atom stereocenters. The Kier molecular flexibility index (Phi) is 3.67. The number of rotatable bonds is 2. The maximum absolute atomic E-state index is 13.5. The molecule has 2 fully saturated rings. The highest BCUT2D eigenvalue weighted by atomic mass is 19.1. The lowest BCUT2D eigenvalue weighted by atomic mass is 10.1. The zero-order valence-corrected chi connectivity index (χ0v) is 11.6. The number of carbonyl (C=O) groups excluding carboxylic acids is 1. The normalized spacial score (nSPS) is 27.3. The zero-order valence-electron chi connectivity index (χ0n) is 11.6. The molecule has 1 amide bonds. The van der Waals surface area contributed by atoms with Crippen LogP contribution in [0.4, 0.5) is 4.39 Å². The molecular weight excluding hydrogens is 259 g/mol. The van der Waals surface area contributed by atoms with Gasteiger partial charge in [0, 0.05) is 44.5 Å². The SMILES string of the molecule is CN1CCN2C[C@@H](NC(=O)c3ccncc3F)C[C@H]2C1. The van der Waals surface area contributed by atoms with Crippen LogP contribution in [0.15, 0.2) is 18.5 Å². The topological polar surface area (TPSA) is 48.5 Å². The number of likely N-dealkylation sites (N-methyl/N-ethyl adjacent to an activating group) is 1. The number of piperazine rings is 1. The maximum Gasteiger partial charge on any atom is 0.254 e. The molecule has 1 aromatic rings. The molecule has 0 bridgehead atoms. The van der Waals surface area contributed by atoms with Gasteiger partial charge in [-0.3, -0.25) is 14.7 Å². The molecule has 2 saturated heterocycles. The summed E-state index contributed by atoms with van der Waals surface area (Å²) in [6.07, 6.45) is 3.44. The smallest absolute Gasteiger partial charge is 0.254 e. The maximum atomic E-state index is 13.5. The van der Waals surface area contributed by atoms with Crippen LogP contribution < -0.4 is 5.32 Å². The van der Waals surface area contributed by atoms with Crippen LogP contribution >= 0.6 is 0 Å². The summed E-state index contributed by atoms with van der Waals surface area (Å²) in [5, 5.41) is 2.94. The summed E-state index contributed by atoms with van der Waals surface area (Å²) < 4.78 is 13.5. The lowest BCUT2D eigenvalue weighted by Gasteiger charge is -2.34. The van der Waals surface area contributed by atoms with Crippen LogP contribution in [0.25, 0.3) is 0 Å². The second-order valence-corrected chi connectivity index (χ2v) is 5.67. The van der Waals surface area contributed by atoms with Crippen molar-refractivity contribution in [1.82, 2.24) is 20.1 Å². The van der Waals surface area contributed by atoms with Gasteiger partial charge in [-0.2, -0.15) is 0 Å². The molecule has 3 heterocycles. The van der Waals surface area contributed by atoms with E-state index in [0.29, 0.717) is 6.04 Å². The van der Waals surface area contributed by atoms with Gasteiger partial charge in [-0.1, -0.05) is 0 Å². The monoisotopic (exact) mass is 278 g/mol. The van der Waals surface area contributed by atoms with Crippen molar-refractivity contribution in [3.8, 4) is 0 Å². The quantitative estimate of drug-likeness (QED) is 0.847. The molecule has 1 N–H and O–H groups in total. The number of halogens is 1. The number of aromatic nitrogens is 1. The van der Waals surface area contributed by atoms with Crippen LogP contribution in [-0.2, 0) is 0 Å². The first-order valence-corrected chi connectivity index (χ1v) is 6.96. The number of nitrogens with one attached hydrogen (secondary N) is 1. The van der Waals surface area contributed by atoms with E-state index in [2.05, 4.69) is 27.1 Å². The van der Waals surface area contributed by atoms with Gasteiger partial charge in [0.1, 0.15) is 0 Å². The molecule has 0 aliphatic carbocycles. The summed E-state index contributed by atoms with van der Waals surface area (Å²) in [5.41, 5.74) is 0.0713. The molecular formula is C14H19FN4O. The van der Waals surface area contributed by atoms with E-state index in [0.717, 1.165) is 38.8 Å². The van der Waals surface area contributed by atoms with E-state index >= 15 is 0 Å². The summed E-state index contributed by atoms with van der Waals surface area (Å²) in [5.74, 6) is -0.913. The van der Waals surface area contributed by atoms with Crippen molar-refractivity contribution >= 4 is 5.91 Å². The van der Waals surface area contributed by atoms with E-state index in [9.17, 15) is 9.18 Å². The molecule has 108 valence electrons. The van der Waals surface area contributed by atoms with Crippen molar-refractivity contribution in [2.75, 3.05) is 33.2 Å². The van der Waals surface area contributed by atoms with E-state index in [1.54, 1.807) is 0 Å². The Labute approximate surface area is 117 Å². The van der Waals surface area contributed by atoms with Gasteiger partial charge >= 0.3 is 0 Å². The fourth-order valence-electron chi connectivity index (χ4n) is 3.13. The van der Waals surface area contributed by atoms with Crippen LogP contribution in [-0.4, -0.2) is 66.0 Å². The molecule has 1 aromatic heterocycles. The summed E-state index contributed by atoms with van der Waals surface area (Å²) >= 11 is 0. The predicted octanol–water partition coefficient (Wildman–Crippen LogP) is 0.339. The number of amides is 1. The lowest BCUT2D eigenvalue weighted by Crippen LogP contribution is -2.48. The van der Waals surface area contributed by atoms with E-state index < -0.39 is 5.82 Å². The first-order chi connectivity index (χ1) is 9.63. The largest absolute Gasteiger partial charge is 0.348 e. The minimum absolute atomic E-state index is 0.0713. The summed E-state index contributed by atoms with van der Waals surface area (Å²) in [6.45, 7) is 4.00. The number of fused-ring (bicyclic) bond motifs is 1.